The molecule has 0 bridgehead atoms. The predicted molar refractivity (Wildman–Crippen MR) is 59.2 cm³/mol. The zero-order valence-electron chi connectivity index (χ0n) is 8.69. The van der Waals surface area contributed by atoms with Crippen LogP contribution in [-0.2, 0) is 0 Å². The summed E-state index contributed by atoms with van der Waals surface area (Å²) in [4.78, 5) is 2.76. The SMILES string of the molecule is N#CC[C@@H](O)C[C@H](N=[N+]=[N-])c1ccccc1. The lowest BCUT2D eigenvalue weighted by atomic mass is 10.0. The van der Waals surface area contributed by atoms with Gasteiger partial charge in [-0.2, -0.15) is 5.26 Å². The monoisotopic (exact) mass is 216 g/mol. The summed E-state index contributed by atoms with van der Waals surface area (Å²) in [5.74, 6) is 0. The smallest absolute Gasteiger partial charge is 0.0677 e. The van der Waals surface area contributed by atoms with Gasteiger partial charge in [-0.05, 0) is 17.5 Å². The van der Waals surface area contributed by atoms with Gasteiger partial charge in [0.25, 0.3) is 0 Å². The lowest BCUT2D eigenvalue weighted by Gasteiger charge is -2.14. The minimum atomic E-state index is -0.763. The van der Waals surface area contributed by atoms with Crippen LogP contribution in [0, 0.1) is 11.3 Å². The first-order valence-corrected chi connectivity index (χ1v) is 4.92. The van der Waals surface area contributed by atoms with Crippen LogP contribution in [0.3, 0.4) is 0 Å². The average molecular weight is 216 g/mol. The Morgan fingerprint density at radius 2 is 2.12 bits per heavy atom. The van der Waals surface area contributed by atoms with Crippen molar-refractivity contribution in [1.29, 1.82) is 5.26 Å². The topological polar surface area (TPSA) is 92.8 Å². The molecule has 0 saturated carbocycles. The normalized spacial score (nSPS) is 13.2. The van der Waals surface area contributed by atoms with Crippen molar-refractivity contribution in [2.45, 2.75) is 25.0 Å². The fourth-order valence-corrected chi connectivity index (χ4v) is 1.43. The van der Waals surface area contributed by atoms with Crippen molar-refractivity contribution < 1.29 is 5.11 Å². The van der Waals surface area contributed by atoms with Gasteiger partial charge in [-0.3, -0.25) is 0 Å². The van der Waals surface area contributed by atoms with Gasteiger partial charge in [0.05, 0.1) is 24.6 Å². The third-order valence-corrected chi connectivity index (χ3v) is 2.20. The molecular weight excluding hydrogens is 204 g/mol. The Kier molecular flexibility index (Phi) is 4.87. The number of hydrogen-bond acceptors (Lipinski definition) is 3. The van der Waals surface area contributed by atoms with Gasteiger partial charge in [0, 0.05) is 4.91 Å². The maximum absolute atomic E-state index is 9.50. The van der Waals surface area contributed by atoms with E-state index in [9.17, 15) is 5.11 Å². The number of aliphatic hydroxyl groups is 1. The molecule has 0 aromatic heterocycles. The van der Waals surface area contributed by atoms with Gasteiger partial charge in [0.1, 0.15) is 0 Å². The van der Waals surface area contributed by atoms with Crippen LogP contribution in [0.15, 0.2) is 35.4 Å². The highest BCUT2D eigenvalue weighted by Gasteiger charge is 2.14. The Morgan fingerprint density at radius 3 is 2.69 bits per heavy atom. The summed E-state index contributed by atoms with van der Waals surface area (Å²) >= 11 is 0. The number of azide groups is 1. The molecule has 0 saturated heterocycles. The number of aliphatic hydroxyl groups excluding tert-OH is 1. The van der Waals surface area contributed by atoms with E-state index in [1.54, 1.807) is 0 Å². The summed E-state index contributed by atoms with van der Waals surface area (Å²) in [6.07, 6.45) is -0.452. The van der Waals surface area contributed by atoms with Crippen molar-refractivity contribution in [3.8, 4) is 6.07 Å². The summed E-state index contributed by atoms with van der Waals surface area (Å²) in [7, 11) is 0. The van der Waals surface area contributed by atoms with Crippen LogP contribution in [0.25, 0.3) is 10.4 Å². The number of rotatable bonds is 5. The van der Waals surface area contributed by atoms with Crippen molar-refractivity contribution in [1.82, 2.24) is 0 Å². The molecule has 16 heavy (non-hydrogen) atoms. The summed E-state index contributed by atoms with van der Waals surface area (Å²) in [6.45, 7) is 0. The molecule has 0 amide bonds. The number of nitriles is 1. The fourth-order valence-electron chi connectivity index (χ4n) is 1.43. The molecule has 0 aliphatic carbocycles. The van der Waals surface area contributed by atoms with Crippen molar-refractivity contribution in [3.05, 3.63) is 46.3 Å². The molecule has 0 spiro atoms. The van der Waals surface area contributed by atoms with Crippen LogP contribution in [0.4, 0.5) is 0 Å². The Labute approximate surface area is 93.6 Å². The zero-order valence-corrected chi connectivity index (χ0v) is 8.69. The predicted octanol–water partition coefficient (Wildman–Crippen LogP) is 2.70. The standard InChI is InChI=1S/C11H12N4O/c12-7-6-10(16)8-11(14-15-13)9-4-2-1-3-5-9/h1-5,10-11,16H,6,8H2/t10-,11+/m1/s1. The second-order valence-electron chi connectivity index (χ2n) is 3.38. The molecule has 0 fully saturated rings. The number of hydrogen-bond donors (Lipinski definition) is 1. The van der Waals surface area contributed by atoms with Crippen LogP contribution in [0.5, 0.6) is 0 Å². The van der Waals surface area contributed by atoms with E-state index in [2.05, 4.69) is 10.0 Å². The van der Waals surface area contributed by atoms with E-state index in [4.69, 9.17) is 10.8 Å². The maximum Gasteiger partial charge on any atom is 0.0677 e. The summed E-state index contributed by atoms with van der Waals surface area (Å²) in [5, 5.41) is 21.6. The van der Waals surface area contributed by atoms with Crippen molar-refractivity contribution >= 4 is 0 Å². The van der Waals surface area contributed by atoms with Crippen LogP contribution in [0.1, 0.15) is 24.4 Å². The minimum absolute atomic E-state index is 0.0459. The highest BCUT2D eigenvalue weighted by Crippen LogP contribution is 2.23. The molecule has 1 aromatic carbocycles. The minimum Gasteiger partial charge on any atom is -0.392 e. The molecular formula is C11H12N4O. The van der Waals surface area contributed by atoms with E-state index in [1.165, 1.54) is 0 Å². The largest absolute Gasteiger partial charge is 0.392 e. The van der Waals surface area contributed by atoms with Crippen LogP contribution >= 0.6 is 0 Å². The van der Waals surface area contributed by atoms with Gasteiger partial charge < -0.3 is 5.11 Å². The molecule has 1 N–H and O–H groups in total. The number of nitrogens with zero attached hydrogens (tertiary/aromatic N) is 4. The van der Waals surface area contributed by atoms with Crippen LogP contribution < -0.4 is 0 Å². The molecule has 1 aromatic rings. The molecule has 2 atom stereocenters. The second-order valence-corrected chi connectivity index (χ2v) is 3.38. The van der Waals surface area contributed by atoms with E-state index < -0.39 is 12.1 Å². The molecule has 0 radical (unpaired) electrons. The Balaban J connectivity index is 2.77. The quantitative estimate of drug-likeness (QED) is 0.465. The highest BCUT2D eigenvalue weighted by atomic mass is 16.3. The third kappa shape index (κ3) is 3.62. The molecule has 0 aliphatic rings. The lowest BCUT2D eigenvalue weighted by molar-refractivity contribution is 0.160. The molecule has 5 heteroatoms. The van der Waals surface area contributed by atoms with Gasteiger partial charge in [0.2, 0.25) is 0 Å². The zero-order chi connectivity index (χ0) is 11.8. The van der Waals surface area contributed by atoms with Gasteiger partial charge >= 0.3 is 0 Å². The first-order valence-electron chi connectivity index (χ1n) is 4.92. The first kappa shape index (κ1) is 12.1. The molecule has 0 unspecified atom stereocenters. The second kappa shape index (κ2) is 6.46. The fraction of sp³-hybridized carbons (Fsp3) is 0.364. The van der Waals surface area contributed by atoms with E-state index in [-0.39, 0.29) is 12.8 Å². The first-order chi connectivity index (χ1) is 7.77. The van der Waals surface area contributed by atoms with E-state index in [1.807, 2.05) is 36.4 Å². The van der Waals surface area contributed by atoms with Crippen LogP contribution in [0.2, 0.25) is 0 Å². The van der Waals surface area contributed by atoms with E-state index in [0.717, 1.165) is 5.56 Å². The van der Waals surface area contributed by atoms with E-state index in [0.29, 0.717) is 0 Å². The lowest BCUT2D eigenvalue weighted by Crippen LogP contribution is -2.10. The highest BCUT2D eigenvalue weighted by molar-refractivity contribution is 5.19. The summed E-state index contributed by atoms with van der Waals surface area (Å²) < 4.78 is 0. The molecule has 5 nitrogen and oxygen atoms in total. The summed E-state index contributed by atoms with van der Waals surface area (Å²) in [6, 6.07) is 10.7. The molecule has 1 rings (SSSR count). The van der Waals surface area contributed by atoms with Gasteiger partial charge in [-0.15, -0.1) is 0 Å². The Hall–Kier alpha value is -2.02. The molecule has 0 aliphatic heterocycles. The van der Waals surface area contributed by atoms with Crippen molar-refractivity contribution in [3.63, 3.8) is 0 Å². The van der Waals surface area contributed by atoms with Gasteiger partial charge in [-0.1, -0.05) is 35.4 Å². The number of benzene rings is 1. The van der Waals surface area contributed by atoms with Crippen LogP contribution in [-0.4, -0.2) is 11.2 Å². The average Bonchev–Trinajstić information content (AvgIpc) is 2.30. The van der Waals surface area contributed by atoms with Gasteiger partial charge in [-0.25, -0.2) is 0 Å². The summed E-state index contributed by atoms with van der Waals surface area (Å²) in [5.41, 5.74) is 9.30. The third-order valence-electron chi connectivity index (χ3n) is 2.20. The maximum atomic E-state index is 9.50. The van der Waals surface area contributed by atoms with Crippen molar-refractivity contribution in [2.24, 2.45) is 5.11 Å². The Morgan fingerprint density at radius 1 is 1.44 bits per heavy atom. The molecule has 82 valence electrons. The van der Waals surface area contributed by atoms with E-state index >= 15 is 0 Å². The van der Waals surface area contributed by atoms with Crippen molar-refractivity contribution in [2.75, 3.05) is 0 Å². The Bertz CT molecular complexity index is 406. The molecule has 0 heterocycles. The van der Waals surface area contributed by atoms with Gasteiger partial charge in [0.15, 0.2) is 0 Å².